The fourth-order valence-electron chi connectivity index (χ4n) is 4.49. The van der Waals surface area contributed by atoms with Crippen molar-refractivity contribution in [2.75, 3.05) is 27.8 Å². The Bertz CT molecular complexity index is 802. The Labute approximate surface area is 142 Å². The molecule has 1 N–H and O–H groups in total. The Hall–Kier alpha value is -2.20. The molecule has 2 aliphatic rings. The molecule has 4 heteroatoms. The maximum atomic E-state index is 9.80. The minimum atomic E-state index is 0.368. The second-order valence-corrected chi connectivity index (χ2v) is 7.15. The van der Waals surface area contributed by atoms with E-state index in [1.165, 1.54) is 22.3 Å². The maximum absolute atomic E-state index is 9.80. The standard InChI is InChI=1S/C20H23NO3/c1-21-9-8-14-10-15(22)5-6-16(14)18(21)11-13-4-7-19(23-2)20(24-3)17(13)12-21/h4-7,10,18H,8-9,11-12H2,1-3H3/p+1. The highest BCUT2D eigenvalue weighted by molar-refractivity contribution is 5.52. The Morgan fingerprint density at radius 2 is 1.92 bits per heavy atom. The zero-order valence-corrected chi connectivity index (χ0v) is 14.5. The summed E-state index contributed by atoms with van der Waals surface area (Å²) in [5.41, 5.74) is 5.29. The van der Waals surface area contributed by atoms with Gasteiger partial charge in [-0.25, -0.2) is 0 Å². The minimum Gasteiger partial charge on any atom is -0.508 e. The molecule has 4 rings (SSSR count). The van der Waals surface area contributed by atoms with Crippen molar-refractivity contribution >= 4 is 0 Å². The predicted octanol–water partition coefficient (Wildman–Crippen LogP) is 3.21. The van der Waals surface area contributed by atoms with Crippen LogP contribution in [0.2, 0.25) is 0 Å². The van der Waals surface area contributed by atoms with Crippen molar-refractivity contribution in [3.8, 4) is 17.2 Å². The van der Waals surface area contributed by atoms with Crippen molar-refractivity contribution < 1.29 is 19.1 Å². The number of fused-ring (bicyclic) bond motifs is 4. The molecule has 0 fully saturated rings. The van der Waals surface area contributed by atoms with Gasteiger partial charge < -0.3 is 19.1 Å². The van der Waals surface area contributed by atoms with Gasteiger partial charge in [0.1, 0.15) is 18.3 Å². The first kappa shape index (κ1) is 15.3. The van der Waals surface area contributed by atoms with Crippen LogP contribution in [0.1, 0.15) is 28.3 Å². The lowest BCUT2D eigenvalue weighted by molar-refractivity contribution is -0.956. The number of rotatable bonds is 2. The second kappa shape index (κ2) is 5.42. The molecule has 0 aliphatic carbocycles. The minimum absolute atomic E-state index is 0.368. The highest BCUT2D eigenvalue weighted by atomic mass is 16.5. The van der Waals surface area contributed by atoms with Crippen molar-refractivity contribution in [1.82, 2.24) is 0 Å². The molecule has 0 aromatic heterocycles. The van der Waals surface area contributed by atoms with Gasteiger partial charge in [0.25, 0.3) is 0 Å². The first-order valence-electron chi connectivity index (χ1n) is 8.44. The van der Waals surface area contributed by atoms with Crippen LogP contribution in [-0.4, -0.2) is 37.4 Å². The fourth-order valence-corrected chi connectivity index (χ4v) is 4.49. The van der Waals surface area contributed by atoms with Crippen LogP contribution in [0.15, 0.2) is 30.3 Å². The Morgan fingerprint density at radius 3 is 2.67 bits per heavy atom. The SMILES string of the molecule is COc1ccc2c(c1OC)C[N+]1(C)CCc3cc(O)ccc3C1C2. The van der Waals surface area contributed by atoms with Crippen LogP contribution in [0, 0.1) is 0 Å². The number of nitrogens with zero attached hydrogens (tertiary/aromatic N) is 1. The van der Waals surface area contributed by atoms with E-state index in [0.29, 0.717) is 11.8 Å². The molecule has 4 nitrogen and oxygen atoms in total. The van der Waals surface area contributed by atoms with Gasteiger partial charge in [-0.1, -0.05) is 6.07 Å². The van der Waals surface area contributed by atoms with Crippen LogP contribution in [-0.2, 0) is 19.4 Å². The summed E-state index contributed by atoms with van der Waals surface area (Å²) in [6.07, 6.45) is 1.99. The molecule has 2 aromatic carbocycles. The van der Waals surface area contributed by atoms with Crippen LogP contribution < -0.4 is 9.47 Å². The predicted molar refractivity (Wildman–Crippen MR) is 92.6 cm³/mol. The second-order valence-electron chi connectivity index (χ2n) is 7.15. The van der Waals surface area contributed by atoms with Gasteiger partial charge in [0.15, 0.2) is 11.5 Å². The Morgan fingerprint density at radius 1 is 1.08 bits per heavy atom. The van der Waals surface area contributed by atoms with Gasteiger partial charge in [-0.15, -0.1) is 0 Å². The van der Waals surface area contributed by atoms with E-state index in [1.54, 1.807) is 14.2 Å². The van der Waals surface area contributed by atoms with Gasteiger partial charge in [0.2, 0.25) is 0 Å². The van der Waals surface area contributed by atoms with E-state index >= 15 is 0 Å². The number of ether oxygens (including phenoxy) is 2. The quantitative estimate of drug-likeness (QED) is 0.861. The van der Waals surface area contributed by atoms with Gasteiger partial charge in [0.05, 0.1) is 33.4 Å². The summed E-state index contributed by atoms with van der Waals surface area (Å²) < 4.78 is 12.1. The van der Waals surface area contributed by atoms with Crippen molar-refractivity contribution in [2.45, 2.75) is 25.4 Å². The summed E-state index contributed by atoms with van der Waals surface area (Å²) in [5.74, 6) is 2.06. The van der Waals surface area contributed by atoms with Gasteiger partial charge in [-0.2, -0.15) is 0 Å². The topological polar surface area (TPSA) is 38.7 Å². The number of phenols is 1. The number of benzene rings is 2. The summed E-state index contributed by atoms with van der Waals surface area (Å²) in [7, 11) is 5.75. The fraction of sp³-hybridized carbons (Fsp3) is 0.400. The third kappa shape index (κ3) is 2.17. The van der Waals surface area contributed by atoms with Crippen molar-refractivity contribution in [2.24, 2.45) is 0 Å². The highest BCUT2D eigenvalue weighted by Crippen LogP contribution is 2.47. The molecule has 0 amide bonds. The lowest BCUT2D eigenvalue weighted by Crippen LogP contribution is -2.53. The lowest BCUT2D eigenvalue weighted by Gasteiger charge is -2.49. The van der Waals surface area contributed by atoms with E-state index in [9.17, 15) is 5.11 Å². The number of hydrogen-bond acceptors (Lipinski definition) is 3. The molecule has 0 spiro atoms. The zero-order valence-electron chi connectivity index (χ0n) is 14.5. The van der Waals surface area contributed by atoms with Gasteiger partial charge in [0, 0.05) is 18.4 Å². The smallest absolute Gasteiger partial charge is 0.169 e. The van der Waals surface area contributed by atoms with E-state index in [4.69, 9.17) is 9.47 Å². The average Bonchev–Trinajstić information content (AvgIpc) is 2.58. The van der Waals surface area contributed by atoms with Crippen LogP contribution in [0.4, 0.5) is 0 Å². The number of quaternary nitrogens is 1. The average molecular weight is 326 g/mol. The molecule has 0 radical (unpaired) electrons. The molecule has 126 valence electrons. The third-order valence-electron chi connectivity index (χ3n) is 5.81. The summed E-state index contributed by atoms with van der Waals surface area (Å²) >= 11 is 0. The van der Waals surface area contributed by atoms with E-state index < -0.39 is 0 Å². The largest absolute Gasteiger partial charge is 0.508 e. The van der Waals surface area contributed by atoms with E-state index in [0.717, 1.165) is 41.9 Å². The number of methoxy groups -OCH3 is 2. The molecule has 2 aromatic rings. The first-order chi connectivity index (χ1) is 11.6. The van der Waals surface area contributed by atoms with E-state index in [2.05, 4.69) is 19.2 Å². The van der Waals surface area contributed by atoms with Crippen molar-refractivity contribution in [3.63, 3.8) is 0 Å². The molecular weight excluding hydrogens is 302 g/mol. The molecule has 24 heavy (non-hydrogen) atoms. The number of aromatic hydroxyl groups is 1. The Balaban J connectivity index is 1.82. The summed E-state index contributed by atoms with van der Waals surface area (Å²) in [5, 5.41) is 9.80. The summed E-state index contributed by atoms with van der Waals surface area (Å²) in [4.78, 5) is 0. The maximum Gasteiger partial charge on any atom is 0.169 e. The van der Waals surface area contributed by atoms with E-state index in [1.807, 2.05) is 18.2 Å². The monoisotopic (exact) mass is 326 g/mol. The normalized spacial score (nSPS) is 24.5. The Kier molecular flexibility index (Phi) is 3.46. The lowest BCUT2D eigenvalue weighted by atomic mass is 9.81. The zero-order chi connectivity index (χ0) is 16.9. The highest BCUT2D eigenvalue weighted by Gasteiger charge is 2.44. The van der Waals surface area contributed by atoms with E-state index in [-0.39, 0.29) is 0 Å². The van der Waals surface area contributed by atoms with Crippen molar-refractivity contribution in [3.05, 3.63) is 52.6 Å². The molecule has 0 saturated carbocycles. The van der Waals surface area contributed by atoms with Crippen LogP contribution in [0.25, 0.3) is 0 Å². The van der Waals surface area contributed by atoms with Crippen LogP contribution in [0.5, 0.6) is 17.2 Å². The molecule has 0 saturated heterocycles. The number of likely N-dealkylation sites (N-methyl/N-ethyl adjacent to an activating group) is 1. The molecule has 2 heterocycles. The first-order valence-corrected chi connectivity index (χ1v) is 8.44. The van der Waals surface area contributed by atoms with Gasteiger partial charge in [-0.05, 0) is 35.4 Å². The number of hydrogen-bond donors (Lipinski definition) is 1. The third-order valence-corrected chi connectivity index (χ3v) is 5.81. The van der Waals surface area contributed by atoms with Crippen LogP contribution >= 0.6 is 0 Å². The molecule has 2 aliphatic heterocycles. The summed E-state index contributed by atoms with van der Waals surface area (Å²) in [6.45, 7) is 2.02. The van der Waals surface area contributed by atoms with Crippen LogP contribution in [0.3, 0.4) is 0 Å². The molecule has 2 unspecified atom stereocenters. The number of phenolic OH excluding ortho intramolecular Hbond substituents is 1. The molecule has 0 bridgehead atoms. The summed E-state index contributed by atoms with van der Waals surface area (Å²) in [6, 6.07) is 10.5. The molecular formula is C20H24NO3+. The van der Waals surface area contributed by atoms with Crippen molar-refractivity contribution in [1.29, 1.82) is 0 Å². The van der Waals surface area contributed by atoms with Gasteiger partial charge >= 0.3 is 0 Å². The van der Waals surface area contributed by atoms with Gasteiger partial charge in [-0.3, -0.25) is 0 Å². The molecule has 2 atom stereocenters.